The van der Waals surface area contributed by atoms with Crippen LogP contribution < -0.4 is 5.32 Å². The second-order valence-corrected chi connectivity index (χ2v) is 5.52. The number of rotatable bonds is 7. The van der Waals surface area contributed by atoms with Gasteiger partial charge in [0.25, 0.3) is 5.91 Å². The summed E-state index contributed by atoms with van der Waals surface area (Å²) < 4.78 is 26.4. The summed E-state index contributed by atoms with van der Waals surface area (Å²) in [6, 6.07) is 12.4. The molecule has 0 spiro atoms. The van der Waals surface area contributed by atoms with Gasteiger partial charge in [0, 0.05) is 19.2 Å². The molecule has 0 aromatic heterocycles. The highest BCUT2D eigenvalue weighted by atomic mass is 19.1. The van der Waals surface area contributed by atoms with Crippen molar-refractivity contribution >= 4 is 11.8 Å². The molecule has 0 bridgehead atoms. The molecular weight excluding hydrogens is 326 g/mol. The molecule has 0 fully saturated rings. The lowest BCUT2D eigenvalue weighted by atomic mass is 10.1. The fourth-order valence-electron chi connectivity index (χ4n) is 2.40. The molecule has 0 atom stereocenters. The average Bonchev–Trinajstić information content (AvgIpc) is 2.61. The summed E-state index contributed by atoms with van der Waals surface area (Å²) in [5, 5.41) is 2.38. The summed E-state index contributed by atoms with van der Waals surface area (Å²) >= 11 is 0. The van der Waals surface area contributed by atoms with Crippen LogP contribution in [0.15, 0.2) is 48.5 Å². The minimum atomic E-state index is -0.957. The molecule has 0 aliphatic carbocycles. The monoisotopic (exact) mass is 346 g/mol. The molecule has 2 aromatic rings. The predicted octanol–water partition coefficient (Wildman–Crippen LogP) is 2.79. The molecule has 4 nitrogen and oxygen atoms in total. The molecule has 2 rings (SSSR count). The summed E-state index contributed by atoms with van der Waals surface area (Å²) in [5.74, 6) is -2.72. The third-order valence-corrected chi connectivity index (χ3v) is 3.82. The molecule has 0 unspecified atom stereocenters. The zero-order valence-corrected chi connectivity index (χ0v) is 14.0. The second-order valence-electron chi connectivity index (χ2n) is 5.52. The van der Waals surface area contributed by atoms with Crippen molar-refractivity contribution < 1.29 is 18.4 Å². The van der Waals surface area contributed by atoms with Crippen molar-refractivity contribution in [3.05, 3.63) is 71.3 Å². The molecular formula is C19H20F2N2O2. The van der Waals surface area contributed by atoms with Gasteiger partial charge in [0.2, 0.25) is 5.91 Å². The third-order valence-electron chi connectivity index (χ3n) is 3.82. The van der Waals surface area contributed by atoms with Gasteiger partial charge < -0.3 is 10.2 Å². The fraction of sp³-hybridized carbons (Fsp3) is 0.263. The van der Waals surface area contributed by atoms with E-state index in [1.54, 1.807) is 4.90 Å². The van der Waals surface area contributed by atoms with E-state index >= 15 is 0 Å². The van der Waals surface area contributed by atoms with E-state index in [4.69, 9.17) is 0 Å². The predicted molar refractivity (Wildman–Crippen MR) is 91.1 cm³/mol. The first-order valence-corrected chi connectivity index (χ1v) is 8.06. The zero-order chi connectivity index (χ0) is 18.2. The van der Waals surface area contributed by atoms with Gasteiger partial charge in [0.15, 0.2) is 0 Å². The average molecular weight is 346 g/mol. The van der Waals surface area contributed by atoms with Crippen LogP contribution in [0.4, 0.5) is 8.78 Å². The highest BCUT2D eigenvalue weighted by Gasteiger charge is 2.16. The first-order valence-electron chi connectivity index (χ1n) is 8.06. The molecule has 0 saturated heterocycles. The quantitative estimate of drug-likeness (QED) is 0.838. The number of benzene rings is 2. The van der Waals surface area contributed by atoms with E-state index in [-0.39, 0.29) is 18.0 Å². The van der Waals surface area contributed by atoms with Crippen LogP contribution in [-0.2, 0) is 11.2 Å². The molecule has 2 aromatic carbocycles. The minimum absolute atomic E-state index is 0.238. The molecule has 0 saturated carbocycles. The second kappa shape index (κ2) is 8.92. The summed E-state index contributed by atoms with van der Waals surface area (Å²) in [7, 11) is 0. The van der Waals surface area contributed by atoms with Crippen molar-refractivity contribution in [1.82, 2.24) is 10.2 Å². The number of likely N-dealkylation sites (N-methyl/N-ethyl adjacent to an activating group) is 1. The number of carbonyl (C=O) groups is 2. The molecule has 0 aliphatic heterocycles. The molecule has 25 heavy (non-hydrogen) atoms. The Morgan fingerprint density at radius 2 is 1.80 bits per heavy atom. The summed E-state index contributed by atoms with van der Waals surface area (Å²) in [5.41, 5.74) is 0.827. The van der Waals surface area contributed by atoms with Crippen molar-refractivity contribution in [2.75, 3.05) is 19.6 Å². The summed E-state index contributed by atoms with van der Waals surface area (Å²) in [6.45, 7) is 2.65. The number of hydrogen-bond acceptors (Lipinski definition) is 2. The Morgan fingerprint density at radius 3 is 2.44 bits per heavy atom. The number of carbonyl (C=O) groups excluding carboxylic acids is 2. The summed E-state index contributed by atoms with van der Waals surface area (Å²) in [6.07, 6.45) is 0.709. The van der Waals surface area contributed by atoms with Gasteiger partial charge in [-0.05, 0) is 31.0 Å². The fourth-order valence-corrected chi connectivity index (χ4v) is 2.40. The van der Waals surface area contributed by atoms with Crippen LogP contribution in [0.5, 0.6) is 0 Å². The number of amides is 2. The van der Waals surface area contributed by atoms with Crippen LogP contribution in [0.2, 0.25) is 0 Å². The van der Waals surface area contributed by atoms with Crippen LogP contribution in [0.3, 0.4) is 0 Å². The highest BCUT2D eigenvalue weighted by Crippen LogP contribution is 2.09. The normalized spacial score (nSPS) is 10.4. The molecule has 0 aliphatic rings. The van der Waals surface area contributed by atoms with Gasteiger partial charge >= 0.3 is 0 Å². The van der Waals surface area contributed by atoms with Crippen molar-refractivity contribution in [2.24, 2.45) is 0 Å². The Kier molecular flexibility index (Phi) is 6.62. The van der Waals surface area contributed by atoms with E-state index in [0.29, 0.717) is 25.6 Å². The maximum atomic E-state index is 13.6. The molecule has 1 N–H and O–H groups in total. The third kappa shape index (κ3) is 5.38. The standard InChI is InChI=1S/C19H20F2N2O2/c1-2-23(11-10-14-6-4-3-5-7-14)18(24)13-22-19(25)16-9-8-15(20)12-17(16)21/h3-9,12H,2,10-11,13H2,1H3,(H,22,25). The zero-order valence-electron chi connectivity index (χ0n) is 14.0. The summed E-state index contributed by atoms with van der Waals surface area (Å²) in [4.78, 5) is 25.8. The van der Waals surface area contributed by atoms with Gasteiger partial charge in [0.1, 0.15) is 11.6 Å². The van der Waals surface area contributed by atoms with Gasteiger partial charge in [-0.15, -0.1) is 0 Å². The van der Waals surface area contributed by atoms with Gasteiger partial charge in [-0.3, -0.25) is 9.59 Å². The lowest BCUT2D eigenvalue weighted by Crippen LogP contribution is -2.41. The van der Waals surface area contributed by atoms with Crippen molar-refractivity contribution in [2.45, 2.75) is 13.3 Å². The van der Waals surface area contributed by atoms with E-state index in [1.807, 2.05) is 37.3 Å². The van der Waals surface area contributed by atoms with Crippen LogP contribution in [0.25, 0.3) is 0 Å². The van der Waals surface area contributed by atoms with Crippen molar-refractivity contribution in [3.8, 4) is 0 Å². The smallest absolute Gasteiger partial charge is 0.254 e. The SMILES string of the molecule is CCN(CCc1ccccc1)C(=O)CNC(=O)c1ccc(F)cc1F. The van der Waals surface area contributed by atoms with E-state index in [1.165, 1.54) is 0 Å². The Labute approximate surface area is 145 Å². The van der Waals surface area contributed by atoms with E-state index in [2.05, 4.69) is 5.32 Å². The van der Waals surface area contributed by atoms with E-state index in [0.717, 1.165) is 17.7 Å². The Morgan fingerprint density at radius 1 is 1.08 bits per heavy atom. The van der Waals surface area contributed by atoms with Crippen molar-refractivity contribution in [3.63, 3.8) is 0 Å². The number of halogens is 2. The Hall–Kier alpha value is -2.76. The number of hydrogen-bond donors (Lipinski definition) is 1. The first-order chi connectivity index (χ1) is 12.0. The van der Waals surface area contributed by atoms with Crippen LogP contribution >= 0.6 is 0 Å². The van der Waals surface area contributed by atoms with E-state index in [9.17, 15) is 18.4 Å². The van der Waals surface area contributed by atoms with Gasteiger partial charge in [-0.2, -0.15) is 0 Å². The molecule has 2 amide bonds. The molecule has 0 radical (unpaired) electrons. The molecule has 6 heteroatoms. The lowest BCUT2D eigenvalue weighted by molar-refractivity contribution is -0.129. The maximum absolute atomic E-state index is 13.6. The number of nitrogens with one attached hydrogen (secondary N) is 1. The first kappa shape index (κ1) is 18.6. The van der Waals surface area contributed by atoms with Gasteiger partial charge in [-0.25, -0.2) is 8.78 Å². The van der Waals surface area contributed by atoms with Gasteiger partial charge in [0.05, 0.1) is 12.1 Å². The maximum Gasteiger partial charge on any atom is 0.254 e. The number of nitrogens with zero attached hydrogens (tertiary/aromatic N) is 1. The molecule has 0 heterocycles. The Balaban J connectivity index is 1.87. The van der Waals surface area contributed by atoms with E-state index < -0.39 is 17.5 Å². The van der Waals surface area contributed by atoms with Gasteiger partial charge in [-0.1, -0.05) is 30.3 Å². The molecule has 132 valence electrons. The van der Waals surface area contributed by atoms with Crippen LogP contribution in [0, 0.1) is 11.6 Å². The topological polar surface area (TPSA) is 49.4 Å². The minimum Gasteiger partial charge on any atom is -0.343 e. The van der Waals surface area contributed by atoms with Crippen LogP contribution in [0.1, 0.15) is 22.8 Å². The van der Waals surface area contributed by atoms with Crippen molar-refractivity contribution in [1.29, 1.82) is 0 Å². The highest BCUT2D eigenvalue weighted by molar-refractivity contribution is 5.96. The largest absolute Gasteiger partial charge is 0.343 e. The Bertz CT molecular complexity index is 735. The lowest BCUT2D eigenvalue weighted by Gasteiger charge is -2.21. The van der Waals surface area contributed by atoms with Crippen LogP contribution in [-0.4, -0.2) is 36.3 Å².